The normalized spacial score (nSPS) is 24.5. The maximum atomic E-state index is 14.0. The predicted molar refractivity (Wildman–Crippen MR) is 157 cm³/mol. The van der Waals surface area contributed by atoms with E-state index < -0.39 is 42.4 Å². The summed E-state index contributed by atoms with van der Waals surface area (Å²) in [4.78, 5) is 64.1. The van der Waals surface area contributed by atoms with Crippen LogP contribution in [0.3, 0.4) is 0 Å². The van der Waals surface area contributed by atoms with E-state index in [1.807, 2.05) is 29.2 Å². The van der Waals surface area contributed by atoms with Crippen molar-refractivity contribution in [3.8, 4) is 0 Å². The molecule has 240 valence electrons. The number of fused-ring (bicyclic) bond motifs is 1. The van der Waals surface area contributed by atoms with Crippen molar-refractivity contribution in [1.29, 1.82) is 0 Å². The number of nitrogens with two attached hydrogens (primary N) is 1. The molecule has 5 amide bonds. The van der Waals surface area contributed by atoms with Crippen molar-refractivity contribution >= 4 is 34.7 Å². The highest BCUT2D eigenvalue weighted by molar-refractivity contribution is 5.91. The van der Waals surface area contributed by atoms with Gasteiger partial charge in [0.15, 0.2) is 12.3 Å². The third kappa shape index (κ3) is 6.21. The van der Waals surface area contributed by atoms with Crippen LogP contribution in [0.25, 0.3) is 10.9 Å². The molecular weight excluding hydrogens is 586 g/mol. The van der Waals surface area contributed by atoms with Crippen molar-refractivity contribution in [2.75, 3.05) is 39.3 Å². The van der Waals surface area contributed by atoms with Crippen LogP contribution in [0.5, 0.6) is 0 Å². The number of aromatic amines is 1. The van der Waals surface area contributed by atoms with Crippen molar-refractivity contribution in [3.63, 3.8) is 0 Å². The van der Waals surface area contributed by atoms with E-state index in [-0.39, 0.29) is 24.2 Å². The number of aliphatic hydroxyl groups excluding tert-OH is 2. The summed E-state index contributed by atoms with van der Waals surface area (Å²) in [5.74, 6) is -2.37. The highest BCUT2D eigenvalue weighted by Crippen LogP contribution is 2.29. The molecule has 6 N–H and O–H groups in total. The number of primary amides is 1. The van der Waals surface area contributed by atoms with Gasteiger partial charge in [-0.2, -0.15) is 0 Å². The molecule has 16 nitrogen and oxygen atoms in total. The molecular formula is C29H37N9O7. The Kier molecular flexibility index (Phi) is 8.69. The Hall–Kier alpha value is -4.54. The first-order chi connectivity index (χ1) is 21.7. The van der Waals surface area contributed by atoms with Gasteiger partial charge in [-0.25, -0.2) is 14.5 Å². The van der Waals surface area contributed by atoms with E-state index in [0.29, 0.717) is 26.2 Å². The van der Waals surface area contributed by atoms with Gasteiger partial charge < -0.3 is 45.7 Å². The van der Waals surface area contributed by atoms with Gasteiger partial charge in [-0.05, 0) is 30.9 Å². The summed E-state index contributed by atoms with van der Waals surface area (Å²) in [6.07, 6.45) is -0.00763. The van der Waals surface area contributed by atoms with Gasteiger partial charge in [0.1, 0.15) is 24.6 Å². The van der Waals surface area contributed by atoms with Gasteiger partial charge in [-0.3, -0.25) is 14.4 Å². The molecule has 45 heavy (non-hydrogen) atoms. The highest BCUT2D eigenvalue weighted by atomic mass is 16.6. The fourth-order valence-corrected chi connectivity index (χ4v) is 6.20. The van der Waals surface area contributed by atoms with Crippen LogP contribution in [-0.2, 0) is 20.7 Å². The second kappa shape index (κ2) is 12.8. The standard InChI is InChI=1S/C29H37N9O7/c30-24(41)25-32-16-38(34-25)28-22(40)21(39)23(45-28)26(42)33-20(14-17-15-31-19-7-3-2-6-18(17)19)27(43)35-10-12-37(13-11-35)29(44)36-8-4-1-5-9-36/h2-3,6-7,15-16,20-23,28,31,39-40H,1,4-5,8-14H2,(H2,30,41)(H,33,42)/t20-,21+,22-,23+,28-/m1/s1. The first-order valence-electron chi connectivity index (χ1n) is 15.1. The second-order valence-electron chi connectivity index (χ2n) is 11.6. The number of urea groups is 1. The van der Waals surface area contributed by atoms with Crippen molar-refractivity contribution in [2.24, 2.45) is 5.73 Å². The monoisotopic (exact) mass is 623 g/mol. The van der Waals surface area contributed by atoms with Crippen LogP contribution < -0.4 is 11.1 Å². The molecule has 3 aromatic rings. The van der Waals surface area contributed by atoms with E-state index >= 15 is 0 Å². The number of para-hydroxylation sites is 1. The minimum atomic E-state index is -1.66. The van der Waals surface area contributed by atoms with Crippen LogP contribution in [-0.4, -0.2) is 132 Å². The molecule has 6 rings (SSSR count). The van der Waals surface area contributed by atoms with E-state index in [2.05, 4.69) is 20.4 Å². The number of hydrogen-bond acceptors (Lipinski definition) is 9. The predicted octanol–water partition coefficient (Wildman–Crippen LogP) is -1.04. The number of nitrogens with one attached hydrogen (secondary N) is 2. The number of aliphatic hydroxyl groups is 2. The summed E-state index contributed by atoms with van der Waals surface area (Å²) in [7, 11) is 0. The molecule has 0 unspecified atom stereocenters. The Bertz CT molecular complexity index is 1560. The van der Waals surface area contributed by atoms with Gasteiger partial charge in [-0.1, -0.05) is 18.2 Å². The summed E-state index contributed by atoms with van der Waals surface area (Å²) >= 11 is 0. The maximum Gasteiger partial charge on any atom is 0.320 e. The minimum absolute atomic E-state index is 0.0127. The molecule has 0 spiro atoms. The Balaban J connectivity index is 1.17. The van der Waals surface area contributed by atoms with Crippen LogP contribution >= 0.6 is 0 Å². The van der Waals surface area contributed by atoms with E-state index in [4.69, 9.17) is 10.5 Å². The summed E-state index contributed by atoms with van der Waals surface area (Å²) < 4.78 is 6.67. The number of carbonyl (C=O) groups is 4. The molecule has 5 atom stereocenters. The van der Waals surface area contributed by atoms with E-state index in [1.165, 1.54) is 0 Å². The summed E-state index contributed by atoms with van der Waals surface area (Å²) in [6, 6.07) is 6.54. The number of rotatable bonds is 7. The number of H-pyrrole nitrogens is 1. The average Bonchev–Trinajstić information content (AvgIpc) is 3.79. The van der Waals surface area contributed by atoms with Crippen LogP contribution in [0, 0.1) is 0 Å². The average molecular weight is 624 g/mol. The number of piperidine rings is 1. The second-order valence-corrected chi connectivity index (χ2v) is 11.6. The molecule has 0 saturated carbocycles. The van der Waals surface area contributed by atoms with Crippen molar-refractivity contribution in [2.45, 2.75) is 56.3 Å². The zero-order chi connectivity index (χ0) is 31.7. The third-order valence-corrected chi connectivity index (χ3v) is 8.69. The zero-order valence-corrected chi connectivity index (χ0v) is 24.6. The Labute approximate surface area is 258 Å². The largest absolute Gasteiger partial charge is 0.387 e. The quantitative estimate of drug-likeness (QED) is 0.217. The van der Waals surface area contributed by atoms with Crippen LogP contribution in [0.2, 0.25) is 0 Å². The van der Waals surface area contributed by atoms with Gasteiger partial charge in [0, 0.05) is 62.8 Å². The number of carbonyl (C=O) groups excluding carboxylic acids is 4. The summed E-state index contributed by atoms with van der Waals surface area (Å²) in [6.45, 7) is 2.83. The molecule has 3 fully saturated rings. The molecule has 5 heterocycles. The van der Waals surface area contributed by atoms with Crippen molar-refractivity contribution in [3.05, 3.63) is 48.2 Å². The van der Waals surface area contributed by atoms with Gasteiger partial charge in [0.25, 0.3) is 11.8 Å². The fraction of sp³-hybridized carbons (Fsp3) is 0.517. The number of amides is 5. The van der Waals surface area contributed by atoms with E-state index in [9.17, 15) is 29.4 Å². The first-order valence-corrected chi connectivity index (χ1v) is 15.1. The third-order valence-electron chi connectivity index (χ3n) is 8.69. The lowest BCUT2D eigenvalue weighted by Crippen LogP contribution is -2.59. The molecule has 3 saturated heterocycles. The zero-order valence-electron chi connectivity index (χ0n) is 24.6. The van der Waals surface area contributed by atoms with Crippen LogP contribution in [0.15, 0.2) is 36.8 Å². The molecule has 1 aromatic carbocycles. The highest BCUT2D eigenvalue weighted by Gasteiger charge is 2.48. The molecule has 0 bridgehead atoms. The smallest absolute Gasteiger partial charge is 0.320 e. The van der Waals surface area contributed by atoms with Gasteiger partial charge in [0.05, 0.1) is 0 Å². The summed E-state index contributed by atoms with van der Waals surface area (Å²) in [5.41, 5.74) is 6.88. The van der Waals surface area contributed by atoms with Gasteiger partial charge >= 0.3 is 6.03 Å². The minimum Gasteiger partial charge on any atom is -0.387 e. The lowest BCUT2D eigenvalue weighted by molar-refractivity contribution is -0.144. The maximum absolute atomic E-state index is 14.0. The molecule has 16 heteroatoms. The lowest BCUT2D eigenvalue weighted by atomic mass is 10.0. The van der Waals surface area contributed by atoms with Gasteiger partial charge in [-0.15, -0.1) is 5.10 Å². The number of likely N-dealkylation sites (tertiary alicyclic amines) is 1. The molecule has 3 aliphatic rings. The molecule has 0 radical (unpaired) electrons. The Morgan fingerprint density at radius 2 is 1.67 bits per heavy atom. The Morgan fingerprint density at radius 3 is 2.38 bits per heavy atom. The van der Waals surface area contributed by atoms with Crippen molar-refractivity contribution in [1.82, 2.24) is 39.8 Å². The number of benzene rings is 1. The SMILES string of the molecule is NC(=O)c1ncn([C@@H]2O[C@H](C(=O)N[C@H](Cc3c[nH]c4ccccc34)C(=O)N3CCN(C(=O)N4CCCCC4)CC3)[C@@H](O)[C@H]2O)n1. The fourth-order valence-electron chi connectivity index (χ4n) is 6.20. The number of piperazine rings is 1. The number of ether oxygens (including phenoxy) is 1. The lowest BCUT2D eigenvalue weighted by Gasteiger charge is -2.39. The number of aromatic nitrogens is 4. The molecule has 3 aliphatic heterocycles. The molecule has 0 aliphatic carbocycles. The van der Waals surface area contributed by atoms with Gasteiger partial charge in [0.2, 0.25) is 11.7 Å². The first kappa shape index (κ1) is 30.5. The van der Waals surface area contributed by atoms with Crippen LogP contribution in [0.4, 0.5) is 4.79 Å². The van der Waals surface area contributed by atoms with Crippen LogP contribution in [0.1, 0.15) is 41.7 Å². The topological polar surface area (TPSA) is 212 Å². The Morgan fingerprint density at radius 1 is 0.978 bits per heavy atom. The van der Waals surface area contributed by atoms with Crippen molar-refractivity contribution < 1.29 is 34.1 Å². The summed E-state index contributed by atoms with van der Waals surface area (Å²) in [5, 5.41) is 28.9. The van der Waals surface area contributed by atoms with E-state index in [1.54, 1.807) is 16.0 Å². The molecule has 2 aromatic heterocycles. The number of hydrogen-bond donors (Lipinski definition) is 5. The van der Waals surface area contributed by atoms with E-state index in [0.717, 1.165) is 59.8 Å². The number of nitrogens with zero attached hydrogens (tertiary/aromatic N) is 6.